The molecule has 1 aromatic heterocycles. The Balaban J connectivity index is 2.04. The second-order valence-corrected chi connectivity index (χ2v) is 5.13. The molecule has 0 aliphatic rings. The van der Waals surface area contributed by atoms with Gasteiger partial charge in [0.15, 0.2) is 0 Å². The number of carbonyl (C=O) groups excluding carboxylic acids is 1. The fourth-order valence-electron chi connectivity index (χ4n) is 2.44. The number of amides is 1. The lowest BCUT2D eigenvalue weighted by atomic mass is 10.1. The molecule has 0 unspecified atom stereocenters. The smallest absolute Gasteiger partial charge is 0.255 e. The summed E-state index contributed by atoms with van der Waals surface area (Å²) in [6.07, 6.45) is 0. The number of carbonyl (C=O) groups is 1. The first-order chi connectivity index (χ1) is 11.1. The molecule has 0 aliphatic carbocycles. The van der Waals surface area contributed by atoms with Crippen molar-refractivity contribution in [3.63, 3.8) is 0 Å². The van der Waals surface area contributed by atoms with Gasteiger partial charge in [-0.15, -0.1) is 0 Å². The predicted octanol–water partition coefficient (Wildman–Crippen LogP) is 3.94. The summed E-state index contributed by atoms with van der Waals surface area (Å²) < 4.78 is 18.6. The van der Waals surface area contributed by atoms with Crippen molar-refractivity contribution in [3.05, 3.63) is 65.6 Å². The highest BCUT2D eigenvalue weighted by atomic mass is 19.1. The molecule has 0 radical (unpaired) electrons. The van der Waals surface area contributed by atoms with Crippen LogP contribution in [0.5, 0.6) is 5.75 Å². The molecule has 4 nitrogen and oxygen atoms in total. The third-order valence-corrected chi connectivity index (χ3v) is 3.49. The van der Waals surface area contributed by atoms with Crippen molar-refractivity contribution < 1.29 is 13.9 Å². The highest BCUT2D eigenvalue weighted by molar-refractivity contribution is 6.09. The van der Waals surface area contributed by atoms with Crippen LogP contribution >= 0.6 is 0 Å². The highest BCUT2D eigenvalue weighted by Crippen LogP contribution is 2.30. The highest BCUT2D eigenvalue weighted by Gasteiger charge is 2.12. The average molecular weight is 310 g/mol. The van der Waals surface area contributed by atoms with Crippen LogP contribution in [-0.2, 0) is 0 Å². The summed E-state index contributed by atoms with van der Waals surface area (Å²) in [5.41, 5.74) is 2.29. The monoisotopic (exact) mass is 310 g/mol. The molecule has 0 atom stereocenters. The zero-order valence-electron chi connectivity index (χ0n) is 12.8. The van der Waals surface area contributed by atoms with E-state index in [0.29, 0.717) is 17.0 Å². The molecule has 3 rings (SSSR count). The maximum atomic E-state index is 13.3. The first-order valence-electron chi connectivity index (χ1n) is 7.10. The number of halogens is 1. The fraction of sp³-hybridized carbons (Fsp3) is 0.111. The van der Waals surface area contributed by atoms with E-state index < -0.39 is 5.82 Å². The summed E-state index contributed by atoms with van der Waals surface area (Å²) in [6, 6.07) is 12.8. The van der Waals surface area contributed by atoms with Crippen LogP contribution in [0.25, 0.3) is 10.9 Å². The number of nitrogens with zero attached hydrogens (tertiary/aromatic N) is 1. The lowest BCUT2D eigenvalue weighted by molar-refractivity contribution is 0.102. The summed E-state index contributed by atoms with van der Waals surface area (Å²) in [6.45, 7) is 1.84. The third kappa shape index (κ3) is 2.99. The minimum absolute atomic E-state index is 0.260. The largest absolute Gasteiger partial charge is 0.494 e. The van der Waals surface area contributed by atoms with Crippen molar-refractivity contribution >= 4 is 22.5 Å². The van der Waals surface area contributed by atoms with Gasteiger partial charge in [0.2, 0.25) is 0 Å². The first-order valence-corrected chi connectivity index (χ1v) is 7.10. The van der Waals surface area contributed by atoms with E-state index in [1.54, 1.807) is 19.2 Å². The molecule has 1 amide bonds. The number of para-hydroxylation sites is 1. The van der Waals surface area contributed by atoms with Crippen LogP contribution in [0, 0.1) is 12.7 Å². The number of pyridine rings is 1. The Labute approximate surface area is 132 Å². The van der Waals surface area contributed by atoms with Crippen LogP contribution in [0.4, 0.5) is 10.1 Å². The first kappa shape index (κ1) is 15.0. The Hall–Kier alpha value is -2.95. The van der Waals surface area contributed by atoms with Crippen LogP contribution in [0.15, 0.2) is 48.5 Å². The van der Waals surface area contributed by atoms with E-state index in [1.165, 1.54) is 18.2 Å². The van der Waals surface area contributed by atoms with E-state index >= 15 is 0 Å². The van der Waals surface area contributed by atoms with Crippen LogP contribution in [0.2, 0.25) is 0 Å². The number of anilines is 1. The quantitative estimate of drug-likeness (QED) is 0.797. The average Bonchev–Trinajstić information content (AvgIpc) is 2.54. The topological polar surface area (TPSA) is 51.2 Å². The van der Waals surface area contributed by atoms with Crippen LogP contribution in [0.3, 0.4) is 0 Å². The van der Waals surface area contributed by atoms with Crippen molar-refractivity contribution in [2.45, 2.75) is 6.92 Å². The molecule has 0 fully saturated rings. The molecule has 23 heavy (non-hydrogen) atoms. The van der Waals surface area contributed by atoms with Crippen molar-refractivity contribution in [2.24, 2.45) is 0 Å². The molecule has 3 aromatic rings. The zero-order chi connectivity index (χ0) is 16.4. The molecular weight excluding hydrogens is 295 g/mol. The Morgan fingerprint density at radius 1 is 1.17 bits per heavy atom. The molecule has 2 aromatic carbocycles. The minimum atomic E-state index is -0.449. The maximum Gasteiger partial charge on any atom is 0.255 e. The van der Waals surface area contributed by atoms with Crippen LogP contribution in [-0.4, -0.2) is 18.0 Å². The van der Waals surface area contributed by atoms with Crippen LogP contribution in [0.1, 0.15) is 16.1 Å². The van der Waals surface area contributed by atoms with Gasteiger partial charge in [0.1, 0.15) is 17.1 Å². The van der Waals surface area contributed by atoms with Crippen molar-refractivity contribution in [2.75, 3.05) is 12.4 Å². The van der Waals surface area contributed by atoms with Gasteiger partial charge >= 0.3 is 0 Å². The van der Waals surface area contributed by atoms with Crippen molar-refractivity contribution in [3.8, 4) is 5.75 Å². The fourth-order valence-corrected chi connectivity index (χ4v) is 2.44. The molecule has 1 N–H and O–H groups in total. The molecule has 0 aliphatic heterocycles. The number of nitrogens with one attached hydrogen (secondary N) is 1. The van der Waals surface area contributed by atoms with E-state index in [0.717, 1.165) is 11.1 Å². The van der Waals surface area contributed by atoms with Gasteiger partial charge in [0, 0.05) is 16.6 Å². The van der Waals surface area contributed by atoms with Gasteiger partial charge in [-0.1, -0.05) is 18.2 Å². The van der Waals surface area contributed by atoms with Gasteiger partial charge in [-0.2, -0.15) is 0 Å². The number of aryl methyl sites for hydroxylation is 1. The number of ether oxygens (including phenoxy) is 1. The number of benzene rings is 2. The molecule has 1 heterocycles. The number of hydrogen-bond donors (Lipinski definition) is 1. The van der Waals surface area contributed by atoms with E-state index in [4.69, 9.17) is 4.74 Å². The summed E-state index contributed by atoms with van der Waals surface area (Å²) in [5, 5.41) is 3.58. The van der Waals surface area contributed by atoms with Crippen LogP contribution < -0.4 is 10.1 Å². The van der Waals surface area contributed by atoms with Gasteiger partial charge < -0.3 is 10.1 Å². The summed E-state index contributed by atoms with van der Waals surface area (Å²) >= 11 is 0. The molecule has 5 heteroatoms. The number of hydrogen-bond acceptors (Lipinski definition) is 3. The summed E-state index contributed by atoms with van der Waals surface area (Å²) in [5.74, 6) is -0.193. The zero-order valence-corrected chi connectivity index (χ0v) is 12.8. The standard InChI is InChI=1S/C18H15FN2O2/c1-11-9-15(14-7-4-8-16(23-2)17(14)20-11)21-18(22)12-5-3-6-13(19)10-12/h3-10H,1-2H3,(H,20,21,22). The van der Waals surface area contributed by atoms with Gasteiger partial charge in [-0.05, 0) is 37.3 Å². The van der Waals surface area contributed by atoms with E-state index in [2.05, 4.69) is 10.3 Å². The Morgan fingerprint density at radius 2 is 1.96 bits per heavy atom. The Bertz CT molecular complexity index is 893. The van der Waals surface area contributed by atoms with Gasteiger partial charge in [0.25, 0.3) is 5.91 Å². The Morgan fingerprint density at radius 3 is 2.70 bits per heavy atom. The second kappa shape index (κ2) is 6.04. The number of fused-ring (bicyclic) bond motifs is 1. The minimum Gasteiger partial charge on any atom is -0.494 e. The predicted molar refractivity (Wildman–Crippen MR) is 87.4 cm³/mol. The maximum absolute atomic E-state index is 13.3. The molecule has 0 bridgehead atoms. The van der Waals surface area contributed by atoms with E-state index in [-0.39, 0.29) is 11.5 Å². The molecule has 116 valence electrons. The third-order valence-electron chi connectivity index (χ3n) is 3.49. The number of methoxy groups -OCH3 is 1. The number of aromatic nitrogens is 1. The SMILES string of the molecule is COc1cccc2c(NC(=O)c3cccc(F)c3)cc(C)nc12. The summed E-state index contributed by atoms with van der Waals surface area (Å²) in [4.78, 5) is 16.8. The molecule has 0 saturated carbocycles. The molecule has 0 saturated heterocycles. The van der Waals surface area contributed by atoms with Crippen molar-refractivity contribution in [1.82, 2.24) is 4.98 Å². The molecule has 0 spiro atoms. The van der Waals surface area contributed by atoms with Gasteiger partial charge in [-0.25, -0.2) is 9.37 Å². The van der Waals surface area contributed by atoms with Gasteiger partial charge in [-0.3, -0.25) is 4.79 Å². The Kier molecular flexibility index (Phi) is 3.93. The normalized spacial score (nSPS) is 10.6. The van der Waals surface area contributed by atoms with E-state index in [1.807, 2.05) is 25.1 Å². The lowest BCUT2D eigenvalue weighted by Crippen LogP contribution is -2.12. The second-order valence-electron chi connectivity index (χ2n) is 5.13. The van der Waals surface area contributed by atoms with Crippen molar-refractivity contribution in [1.29, 1.82) is 0 Å². The van der Waals surface area contributed by atoms with E-state index in [9.17, 15) is 9.18 Å². The van der Waals surface area contributed by atoms with Gasteiger partial charge in [0.05, 0.1) is 12.8 Å². The summed E-state index contributed by atoms with van der Waals surface area (Å²) in [7, 11) is 1.57. The number of rotatable bonds is 3. The lowest BCUT2D eigenvalue weighted by Gasteiger charge is -2.12. The molecular formula is C18H15FN2O2.